The van der Waals surface area contributed by atoms with Crippen molar-refractivity contribution in [2.45, 2.75) is 47.6 Å². The summed E-state index contributed by atoms with van der Waals surface area (Å²) in [7, 11) is 0. The van der Waals surface area contributed by atoms with Crippen LogP contribution in [0.2, 0.25) is 0 Å². The van der Waals surface area contributed by atoms with Gasteiger partial charge in [0, 0.05) is 6.21 Å². The molecule has 0 unspecified atom stereocenters. The van der Waals surface area contributed by atoms with Gasteiger partial charge in [0.1, 0.15) is 0 Å². The number of nitrogens with zero attached hydrogens (tertiary/aromatic N) is 1. The molecule has 2 heteroatoms. The molecule has 14 heavy (non-hydrogen) atoms. The molecule has 0 aliphatic heterocycles. The summed E-state index contributed by atoms with van der Waals surface area (Å²) in [5.74, 6) is 0.658. The van der Waals surface area contributed by atoms with Crippen LogP contribution in [-0.2, 0) is 4.74 Å². The highest BCUT2D eigenvalue weighted by atomic mass is 16.5. The Morgan fingerprint density at radius 3 is 2.14 bits per heavy atom. The van der Waals surface area contributed by atoms with Crippen molar-refractivity contribution in [3.63, 3.8) is 0 Å². The van der Waals surface area contributed by atoms with E-state index in [0.29, 0.717) is 5.88 Å². The average Bonchev–Trinajstić information content (AvgIpc) is 2.17. The van der Waals surface area contributed by atoms with Crippen molar-refractivity contribution >= 4 is 6.21 Å². The first kappa shape index (κ1) is 15.4. The number of ether oxygens (including phenoxy) is 1. The van der Waals surface area contributed by atoms with Crippen LogP contribution in [0.4, 0.5) is 0 Å². The second kappa shape index (κ2) is 11.9. The molecule has 0 bridgehead atoms. The Morgan fingerprint density at radius 2 is 1.79 bits per heavy atom. The van der Waals surface area contributed by atoms with Crippen molar-refractivity contribution in [2.24, 2.45) is 4.99 Å². The van der Waals surface area contributed by atoms with Crippen LogP contribution >= 0.6 is 0 Å². The lowest BCUT2D eigenvalue weighted by Gasteiger charge is -2.08. The highest BCUT2D eigenvalue weighted by Crippen LogP contribution is 2.03. The SMILES string of the molecule is CC.C\C=N/C(=C\C=C\C)OC(C)C. The van der Waals surface area contributed by atoms with E-state index in [9.17, 15) is 0 Å². The molecule has 0 radical (unpaired) electrons. The molecule has 0 aliphatic carbocycles. The monoisotopic (exact) mass is 197 g/mol. The molecular formula is C12H23NO. The molecule has 0 spiro atoms. The maximum absolute atomic E-state index is 5.40. The van der Waals surface area contributed by atoms with Crippen molar-refractivity contribution in [3.8, 4) is 0 Å². The number of hydrogen-bond donors (Lipinski definition) is 0. The Bertz CT molecular complexity index is 190. The van der Waals surface area contributed by atoms with E-state index in [4.69, 9.17) is 4.74 Å². The van der Waals surface area contributed by atoms with Crippen LogP contribution < -0.4 is 0 Å². The third-order valence-electron chi connectivity index (χ3n) is 1.04. The fourth-order valence-corrected chi connectivity index (χ4v) is 0.660. The van der Waals surface area contributed by atoms with Gasteiger partial charge in [0.25, 0.3) is 0 Å². The summed E-state index contributed by atoms with van der Waals surface area (Å²) < 4.78 is 5.40. The van der Waals surface area contributed by atoms with Gasteiger partial charge in [-0.15, -0.1) is 0 Å². The molecule has 0 amide bonds. The molecule has 0 atom stereocenters. The Morgan fingerprint density at radius 1 is 1.21 bits per heavy atom. The zero-order chi connectivity index (χ0) is 11.4. The van der Waals surface area contributed by atoms with E-state index in [0.717, 1.165) is 0 Å². The van der Waals surface area contributed by atoms with Crippen LogP contribution in [0.15, 0.2) is 29.1 Å². The largest absolute Gasteiger partial charge is 0.475 e. The molecule has 0 saturated carbocycles. The van der Waals surface area contributed by atoms with Gasteiger partial charge in [-0.25, -0.2) is 4.99 Å². The van der Waals surface area contributed by atoms with Gasteiger partial charge in [-0.3, -0.25) is 0 Å². The van der Waals surface area contributed by atoms with Crippen LogP contribution in [0.3, 0.4) is 0 Å². The van der Waals surface area contributed by atoms with Gasteiger partial charge in [0.15, 0.2) is 0 Å². The molecule has 0 heterocycles. The summed E-state index contributed by atoms with van der Waals surface area (Å²) in [5, 5.41) is 0. The lowest BCUT2D eigenvalue weighted by atomic mass is 10.4. The standard InChI is InChI=1S/C10H17NO.C2H6/c1-5-7-8-10(11-6-2)12-9(3)4;1-2/h5-9H,1-4H3;1-2H3/b7-5+,10-8+,11-6-;. The molecule has 0 rings (SSSR count). The first-order valence-corrected chi connectivity index (χ1v) is 5.19. The highest BCUT2D eigenvalue weighted by molar-refractivity contribution is 5.54. The van der Waals surface area contributed by atoms with Crippen molar-refractivity contribution in [1.29, 1.82) is 0 Å². The fraction of sp³-hybridized carbons (Fsp3) is 0.583. The normalized spacial score (nSPS) is 12.1. The maximum atomic E-state index is 5.40. The zero-order valence-electron chi connectivity index (χ0n) is 10.2. The summed E-state index contributed by atoms with van der Waals surface area (Å²) in [6.45, 7) is 11.8. The molecule has 0 saturated heterocycles. The van der Waals surface area contributed by atoms with Gasteiger partial charge >= 0.3 is 0 Å². The van der Waals surface area contributed by atoms with E-state index >= 15 is 0 Å². The van der Waals surface area contributed by atoms with Gasteiger partial charge in [-0.1, -0.05) is 26.0 Å². The molecule has 0 fully saturated rings. The van der Waals surface area contributed by atoms with Crippen LogP contribution in [0.1, 0.15) is 41.5 Å². The lowest BCUT2D eigenvalue weighted by Crippen LogP contribution is -2.00. The lowest BCUT2D eigenvalue weighted by molar-refractivity contribution is 0.146. The van der Waals surface area contributed by atoms with Gasteiger partial charge in [-0.2, -0.15) is 0 Å². The molecular weight excluding hydrogens is 174 g/mol. The Balaban J connectivity index is 0. The second-order valence-electron chi connectivity index (χ2n) is 2.58. The zero-order valence-corrected chi connectivity index (χ0v) is 10.2. The predicted octanol–water partition coefficient (Wildman–Crippen LogP) is 3.95. The molecule has 0 aromatic rings. The smallest absolute Gasteiger partial charge is 0.213 e. The quantitative estimate of drug-likeness (QED) is 0.380. The van der Waals surface area contributed by atoms with Crippen molar-refractivity contribution in [2.75, 3.05) is 0 Å². The third kappa shape index (κ3) is 11.0. The summed E-state index contributed by atoms with van der Waals surface area (Å²) in [4.78, 5) is 4.06. The van der Waals surface area contributed by atoms with Crippen molar-refractivity contribution in [1.82, 2.24) is 0 Å². The Hall–Kier alpha value is -1.05. The minimum Gasteiger partial charge on any atom is -0.475 e. The molecule has 0 aromatic heterocycles. The summed E-state index contributed by atoms with van der Waals surface area (Å²) in [5.41, 5.74) is 0. The van der Waals surface area contributed by atoms with E-state index in [1.165, 1.54) is 0 Å². The minimum atomic E-state index is 0.171. The third-order valence-corrected chi connectivity index (χ3v) is 1.04. The Labute approximate surface area is 88.4 Å². The maximum Gasteiger partial charge on any atom is 0.213 e. The second-order valence-corrected chi connectivity index (χ2v) is 2.58. The first-order valence-electron chi connectivity index (χ1n) is 5.19. The van der Waals surface area contributed by atoms with E-state index in [-0.39, 0.29) is 6.10 Å². The summed E-state index contributed by atoms with van der Waals surface area (Å²) >= 11 is 0. The summed E-state index contributed by atoms with van der Waals surface area (Å²) in [6.07, 6.45) is 7.59. The van der Waals surface area contributed by atoms with Crippen LogP contribution in [0, 0.1) is 0 Å². The van der Waals surface area contributed by atoms with Crippen LogP contribution in [0.25, 0.3) is 0 Å². The van der Waals surface area contributed by atoms with E-state index < -0.39 is 0 Å². The van der Waals surface area contributed by atoms with Crippen LogP contribution in [-0.4, -0.2) is 12.3 Å². The average molecular weight is 197 g/mol. The van der Waals surface area contributed by atoms with Gasteiger partial charge in [-0.05, 0) is 33.8 Å². The first-order chi connectivity index (χ1) is 6.70. The predicted molar refractivity (Wildman–Crippen MR) is 64.6 cm³/mol. The number of rotatable bonds is 4. The highest BCUT2D eigenvalue weighted by Gasteiger charge is 1.95. The van der Waals surface area contributed by atoms with E-state index in [2.05, 4.69) is 4.99 Å². The Kier molecular flexibility index (Phi) is 13.2. The van der Waals surface area contributed by atoms with Gasteiger partial charge in [0.05, 0.1) is 6.10 Å². The van der Waals surface area contributed by atoms with E-state index in [1.807, 2.05) is 59.8 Å². The molecule has 0 aromatic carbocycles. The van der Waals surface area contributed by atoms with Gasteiger partial charge < -0.3 is 4.74 Å². The fourth-order valence-electron chi connectivity index (χ4n) is 0.660. The number of aliphatic imine (C=N–C) groups is 1. The number of allylic oxidation sites excluding steroid dienone is 3. The molecule has 82 valence electrons. The molecule has 0 N–H and O–H groups in total. The van der Waals surface area contributed by atoms with E-state index in [1.54, 1.807) is 6.21 Å². The van der Waals surface area contributed by atoms with Crippen molar-refractivity contribution < 1.29 is 4.74 Å². The topological polar surface area (TPSA) is 21.6 Å². The van der Waals surface area contributed by atoms with Gasteiger partial charge in [0.2, 0.25) is 5.88 Å². The molecule has 0 aliphatic rings. The van der Waals surface area contributed by atoms with Crippen molar-refractivity contribution in [3.05, 3.63) is 24.1 Å². The minimum absolute atomic E-state index is 0.171. The molecule has 2 nitrogen and oxygen atoms in total. The summed E-state index contributed by atoms with van der Waals surface area (Å²) in [6, 6.07) is 0. The van der Waals surface area contributed by atoms with Crippen LogP contribution in [0.5, 0.6) is 0 Å². The number of hydrogen-bond acceptors (Lipinski definition) is 2.